The number of carbonyl (C=O) groups is 1. The Morgan fingerprint density at radius 2 is 1.62 bits per heavy atom. The molecule has 1 heterocycles. The third kappa shape index (κ3) is 7.59. The fraction of sp³-hybridized carbons (Fsp3) is 0.500. The Bertz CT molecular complexity index is 1310. The van der Waals surface area contributed by atoms with E-state index in [-0.39, 0.29) is 5.56 Å². The van der Waals surface area contributed by atoms with Crippen LogP contribution in [0.4, 0.5) is 26.3 Å². The summed E-state index contributed by atoms with van der Waals surface area (Å²) >= 11 is 0. The average molecular weight is 601 g/mol. The van der Waals surface area contributed by atoms with Gasteiger partial charge in [-0.05, 0) is 69.0 Å². The van der Waals surface area contributed by atoms with Gasteiger partial charge >= 0.3 is 27.8 Å². The minimum Gasteiger partial charge on any atom is -0.493 e. The molecule has 0 radical (unpaired) electrons. The first-order valence-corrected chi connectivity index (χ1v) is 13.5. The van der Waals surface area contributed by atoms with Crippen molar-refractivity contribution in [3.63, 3.8) is 0 Å². The van der Waals surface area contributed by atoms with E-state index >= 15 is 0 Å². The number of aryl methyl sites for hydroxylation is 1. The Kier molecular flexibility index (Phi) is 10.2. The average Bonchev–Trinajstić information content (AvgIpc) is 2.85. The highest BCUT2D eigenvalue weighted by Gasteiger charge is 2.50. The largest absolute Gasteiger partial charge is 0.534 e. The number of rotatable bonds is 6. The number of hydrogen-bond donors (Lipinski definition) is 0. The fourth-order valence-electron chi connectivity index (χ4n) is 3.85. The van der Waals surface area contributed by atoms with Gasteiger partial charge < -0.3 is 18.4 Å². The molecule has 3 rings (SSSR count). The number of esters is 1. The Labute approximate surface area is 228 Å². The van der Waals surface area contributed by atoms with Crippen molar-refractivity contribution in [3.05, 3.63) is 47.0 Å². The molecule has 0 aromatic heterocycles. The van der Waals surface area contributed by atoms with E-state index in [1.54, 1.807) is 0 Å². The predicted molar refractivity (Wildman–Crippen MR) is 133 cm³/mol. The molecule has 2 aromatic carbocycles. The molecule has 2 aromatic rings. The predicted octanol–water partition coefficient (Wildman–Crippen LogP) is 6.98. The normalized spacial score (nSPS) is 14.7. The van der Waals surface area contributed by atoms with Gasteiger partial charge in [0.1, 0.15) is 5.75 Å². The van der Waals surface area contributed by atoms with Crippen molar-refractivity contribution >= 4 is 16.1 Å². The summed E-state index contributed by atoms with van der Waals surface area (Å²) in [5.41, 5.74) is -9.95. The standard InChI is InChI=1S/C24H24F6O7S.C2H6/c1-22(2,3)36-20(21(31)34-4)19-15(23(25,26)27)8-10-17(37-38(32,33)24(28,29)30)18(19)14-7-9-16-13(12-14)6-5-11-35-16;1-2/h7-10,12,20H,5-6,11H2,1-4H3;1-2H3. The minimum absolute atomic E-state index is 0.158. The van der Waals surface area contributed by atoms with Crippen molar-refractivity contribution in [2.45, 2.75) is 70.8 Å². The van der Waals surface area contributed by atoms with Gasteiger partial charge in [0.05, 0.1) is 24.9 Å². The van der Waals surface area contributed by atoms with E-state index in [9.17, 15) is 39.6 Å². The van der Waals surface area contributed by atoms with E-state index in [1.165, 1.54) is 39.0 Å². The number of fused-ring (bicyclic) bond motifs is 1. The summed E-state index contributed by atoms with van der Waals surface area (Å²) < 4.78 is 126. The number of alkyl halides is 6. The highest BCUT2D eigenvalue weighted by Crippen LogP contribution is 2.48. The smallest absolute Gasteiger partial charge is 0.493 e. The van der Waals surface area contributed by atoms with Crippen LogP contribution in [0, 0.1) is 0 Å². The zero-order valence-corrected chi connectivity index (χ0v) is 23.4. The molecule has 14 heteroatoms. The van der Waals surface area contributed by atoms with Crippen molar-refractivity contribution in [3.8, 4) is 22.6 Å². The second-order valence-electron chi connectivity index (χ2n) is 9.29. The van der Waals surface area contributed by atoms with E-state index < -0.39 is 61.9 Å². The molecule has 1 atom stereocenters. The molecule has 1 aliphatic rings. The van der Waals surface area contributed by atoms with Crippen LogP contribution < -0.4 is 8.92 Å². The van der Waals surface area contributed by atoms with Gasteiger partial charge in [0.2, 0.25) is 0 Å². The van der Waals surface area contributed by atoms with Gasteiger partial charge in [-0.3, -0.25) is 0 Å². The molecule has 1 unspecified atom stereocenters. The van der Waals surface area contributed by atoms with E-state index in [0.29, 0.717) is 42.9 Å². The number of carbonyl (C=O) groups excluding carboxylic acids is 1. The van der Waals surface area contributed by atoms with Crippen LogP contribution >= 0.6 is 0 Å². The molecule has 1 aliphatic heterocycles. The number of hydrogen-bond acceptors (Lipinski definition) is 7. The summed E-state index contributed by atoms with van der Waals surface area (Å²) in [6.07, 6.45) is -6.30. The van der Waals surface area contributed by atoms with E-state index in [0.717, 1.165) is 7.11 Å². The van der Waals surface area contributed by atoms with E-state index in [4.69, 9.17) is 9.47 Å². The van der Waals surface area contributed by atoms with Crippen molar-refractivity contribution in [2.24, 2.45) is 0 Å². The molecular formula is C26H30F6O7S. The first-order chi connectivity index (χ1) is 18.4. The summed E-state index contributed by atoms with van der Waals surface area (Å²) in [4.78, 5) is 12.8. The van der Waals surface area contributed by atoms with Crippen LogP contribution in [0.2, 0.25) is 0 Å². The van der Waals surface area contributed by atoms with Crippen LogP contribution in [0.15, 0.2) is 30.3 Å². The maximum absolute atomic E-state index is 14.3. The Balaban J connectivity index is 0.00000274. The number of halogens is 6. The van der Waals surface area contributed by atoms with E-state index in [1.807, 2.05) is 13.8 Å². The Morgan fingerprint density at radius 3 is 2.15 bits per heavy atom. The topological polar surface area (TPSA) is 88.1 Å². The first kappa shape index (κ1) is 33.2. The fourth-order valence-corrected chi connectivity index (χ4v) is 4.32. The van der Waals surface area contributed by atoms with Crippen molar-refractivity contribution in [2.75, 3.05) is 13.7 Å². The van der Waals surface area contributed by atoms with Gasteiger partial charge in [0.15, 0.2) is 11.9 Å². The number of benzene rings is 2. The molecule has 0 bridgehead atoms. The third-order valence-corrected chi connectivity index (χ3v) is 6.31. The lowest BCUT2D eigenvalue weighted by Gasteiger charge is -2.30. The van der Waals surface area contributed by atoms with Crippen LogP contribution in [0.25, 0.3) is 11.1 Å². The molecule has 0 spiro atoms. The van der Waals surface area contributed by atoms with Crippen LogP contribution in [0.3, 0.4) is 0 Å². The lowest BCUT2D eigenvalue weighted by atomic mass is 9.88. The molecule has 0 saturated heterocycles. The quantitative estimate of drug-likeness (QED) is 0.153. The molecule has 0 fully saturated rings. The monoisotopic (exact) mass is 600 g/mol. The molecule has 0 amide bonds. The maximum atomic E-state index is 14.3. The summed E-state index contributed by atoms with van der Waals surface area (Å²) in [7, 11) is -5.43. The maximum Gasteiger partial charge on any atom is 0.534 e. The van der Waals surface area contributed by atoms with Crippen molar-refractivity contribution in [1.82, 2.24) is 0 Å². The first-order valence-electron chi connectivity index (χ1n) is 12.1. The molecule has 0 N–H and O–H groups in total. The van der Waals surface area contributed by atoms with Crippen LogP contribution in [-0.2, 0) is 37.0 Å². The van der Waals surface area contributed by atoms with Gasteiger partial charge in [0, 0.05) is 11.1 Å². The van der Waals surface area contributed by atoms with E-state index in [2.05, 4.69) is 8.92 Å². The van der Waals surface area contributed by atoms with Crippen molar-refractivity contribution < 1.29 is 57.9 Å². The molecule has 40 heavy (non-hydrogen) atoms. The zero-order chi connectivity index (χ0) is 30.7. The number of ether oxygens (including phenoxy) is 3. The van der Waals surface area contributed by atoms with Gasteiger partial charge in [-0.25, -0.2) is 4.79 Å². The lowest BCUT2D eigenvalue weighted by molar-refractivity contribution is -0.166. The zero-order valence-electron chi connectivity index (χ0n) is 22.6. The summed E-state index contributed by atoms with van der Waals surface area (Å²) in [5.74, 6) is -1.99. The summed E-state index contributed by atoms with van der Waals surface area (Å²) in [6, 6.07) is 4.72. The minimum atomic E-state index is -6.31. The van der Waals surface area contributed by atoms with Gasteiger partial charge in [-0.1, -0.05) is 19.9 Å². The van der Waals surface area contributed by atoms with Crippen LogP contribution in [-0.4, -0.2) is 39.2 Å². The number of methoxy groups -OCH3 is 1. The van der Waals surface area contributed by atoms with Crippen molar-refractivity contribution in [1.29, 1.82) is 0 Å². The highest BCUT2D eigenvalue weighted by atomic mass is 32.2. The van der Waals surface area contributed by atoms with Crippen LogP contribution in [0.1, 0.15) is 63.8 Å². The Hall–Kier alpha value is -3.00. The summed E-state index contributed by atoms with van der Waals surface area (Å²) in [5, 5.41) is 0. The molecule has 0 aliphatic carbocycles. The Morgan fingerprint density at radius 1 is 1.00 bits per heavy atom. The molecular weight excluding hydrogens is 570 g/mol. The molecule has 7 nitrogen and oxygen atoms in total. The molecule has 0 saturated carbocycles. The second-order valence-corrected chi connectivity index (χ2v) is 10.8. The molecule has 224 valence electrons. The summed E-state index contributed by atoms with van der Waals surface area (Å²) in [6.45, 7) is 8.67. The van der Waals surface area contributed by atoms with Gasteiger partial charge in [-0.15, -0.1) is 0 Å². The second kappa shape index (κ2) is 12.2. The lowest BCUT2D eigenvalue weighted by Crippen LogP contribution is -2.31. The van der Waals surface area contributed by atoms with Gasteiger partial charge in [0.25, 0.3) is 0 Å². The van der Waals surface area contributed by atoms with Gasteiger partial charge in [-0.2, -0.15) is 34.8 Å². The van der Waals surface area contributed by atoms with Crippen LogP contribution in [0.5, 0.6) is 11.5 Å². The third-order valence-electron chi connectivity index (χ3n) is 5.34. The highest BCUT2D eigenvalue weighted by molar-refractivity contribution is 7.88. The SMILES string of the molecule is CC.COC(=O)C(OC(C)(C)C)c1c(C(F)(F)F)ccc(OS(=O)(=O)C(F)(F)F)c1-c1ccc2c(c1)CCCO2.